The number of rotatable bonds is 5. The van der Waals surface area contributed by atoms with Gasteiger partial charge in [0.25, 0.3) is 5.89 Å². The molecule has 6 nitrogen and oxygen atoms in total. The molecule has 0 radical (unpaired) electrons. The van der Waals surface area contributed by atoms with Crippen LogP contribution in [0.25, 0.3) is 11.5 Å². The zero-order valence-electron chi connectivity index (χ0n) is 12.2. The highest BCUT2D eigenvalue weighted by Crippen LogP contribution is 2.30. The Hall–Kier alpha value is -1.92. The lowest BCUT2D eigenvalue weighted by Crippen LogP contribution is -2.20. The third kappa shape index (κ3) is 3.06. The van der Waals surface area contributed by atoms with Crippen LogP contribution in [0.2, 0.25) is 0 Å². The van der Waals surface area contributed by atoms with Gasteiger partial charge in [-0.3, -0.25) is 0 Å². The summed E-state index contributed by atoms with van der Waals surface area (Å²) in [6.45, 7) is 5.02. The summed E-state index contributed by atoms with van der Waals surface area (Å²) in [5, 5.41) is 3.94. The van der Waals surface area contributed by atoms with E-state index in [2.05, 4.69) is 10.1 Å². The van der Waals surface area contributed by atoms with Crippen LogP contribution in [0.5, 0.6) is 5.75 Å². The number of benzene rings is 1. The van der Waals surface area contributed by atoms with Gasteiger partial charge in [0, 0.05) is 12.0 Å². The second-order valence-corrected chi connectivity index (χ2v) is 5.37. The van der Waals surface area contributed by atoms with Gasteiger partial charge in [0.15, 0.2) is 5.82 Å². The largest absolute Gasteiger partial charge is 0.493 e. The molecule has 0 bridgehead atoms. The van der Waals surface area contributed by atoms with Gasteiger partial charge in [0.05, 0.1) is 25.4 Å². The molecule has 0 spiro atoms. The third-order valence-corrected chi connectivity index (χ3v) is 3.32. The van der Waals surface area contributed by atoms with E-state index in [0.717, 1.165) is 24.3 Å². The Labute approximate surface area is 123 Å². The molecule has 3 rings (SSSR count). The lowest BCUT2D eigenvalue weighted by atomic mass is 10.1. The van der Waals surface area contributed by atoms with Crippen LogP contribution in [0.3, 0.4) is 0 Å². The van der Waals surface area contributed by atoms with Gasteiger partial charge in [0.1, 0.15) is 5.75 Å². The van der Waals surface area contributed by atoms with Gasteiger partial charge in [-0.2, -0.15) is 4.98 Å². The summed E-state index contributed by atoms with van der Waals surface area (Å²) >= 11 is 0. The van der Waals surface area contributed by atoms with Crippen molar-refractivity contribution in [2.75, 3.05) is 13.2 Å². The van der Waals surface area contributed by atoms with Crippen molar-refractivity contribution in [1.29, 1.82) is 0 Å². The van der Waals surface area contributed by atoms with E-state index in [9.17, 15) is 0 Å². The summed E-state index contributed by atoms with van der Waals surface area (Å²) in [5.74, 6) is 1.86. The van der Waals surface area contributed by atoms with Crippen LogP contribution in [0.1, 0.15) is 31.3 Å². The Morgan fingerprint density at radius 3 is 3.05 bits per heavy atom. The number of ether oxygens (including phenoxy) is 2. The first-order valence-corrected chi connectivity index (χ1v) is 7.10. The lowest BCUT2D eigenvalue weighted by molar-refractivity contribution is 0.0665. The highest BCUT2D eigenvalue weighted by molar-refractivity contribution is 5.58. The first-order valence-electron chi connectivity index (χ1n) is 7.10. The fraction of sp³-hybridized carbons (Fsp3) is 0.467. The maximum Gasteiger partial charge on any atom is 0.257 e. The smallest absolute Gasteiger partial charge is 0.257 e. The molecule has 1 aromatic heterocycles. The van der Waals surface area contributed by atoms with Crippen LogP contribution in [-0.2, 0) is 11.2 Å². The molecule has 112 valence electrons. The first-order chi connectivity index (χ1) is 10.1. The van der Waals surface area contributed by atoms with E-state index in [1.165, 1.54) is 5.56 Å². The van der Waals surface area contributed by atoms with Crippen molar-refractivity contribution in [2.24, 2.45) is 5.73 Å². The number of hydrogen-bond donors (Lipinski definition) is 1. The minimum atomic E-state index is -0.386. The van der Waals surface area contributed by atoms with E-state index in [1.807, 2.05) is 32.0 Å². The summed E-state index contributed by atoms with van der Waals surface area (Å²) in [6, 6.07) is 5.49. The summed E-state index contributed by atoms with van der Waals surface area (Å²) in [4.78, 5) is 4.36. The molecule has 0 saturated heterocycles. The molecule has 2 aromatic rings. The molecule has 1 aliphatic rings. The fourth-order valence-corrected chi connectivity index (χ4v) is 2.19. The molecular formula is C15H19N3O3. The van der Waals surface area contributed by atoms with Gasteiger partial charge in [0.2, 0.25) is 0 Å². The molecule has 1 aromatic carbocycles. The molecule has 0 aliphatic carbocycles. The van der Waals surface area contributed by atoms with Crippen molar-refractivity contribution in [3.05, 3.63) is 29.6 Å². The zero-order valence-corrected chi connectivity index (χ0v) is 12.2. The van der Waals surface area contributed by atoms with E-state index in [1.54, 1.807) is 0 Å². The predicted molar refractivity (Wildman–Crippen MR) is 76.9 cm³/mol. The van der Waals surface area contributed by atoms with E-state index in [-0.39, 0.29) is 12.1 Å². The maximum absolute atomic E-state index is 5.99. The van der Waals surface area contributed by atoms with Gasteiger partial charge in [-0.25, -0.2) is 0 Å². The maximum atomic E-state index is 5.99. The van der Waals surface area contributed by atoms with Gasteiger partial charge >= 0.3 is 0 Å². The van der Waals surface area contributed by atoms with Gasteiger partial charge in [-0.15, -0.1) is 0 Å². The molecule has 1 unspecified atom stereocenters. The summed E-state index contributed by atoms with van der Waals surface area (Å²) < 4.78 is 16.3. The molecule has 0 amide bonds. The predicted octanol–water partition coefficient (Wildman–Crippen LogP) is 2.10. The average molecular weight is 289 g/mol. The standard InChI is InChI=1S/C15H19N3O3/c1-9(2)20-8-12(16)14-17-15(21-18-14)11-3-4-13-10(7-11)5-6-19-13/h3-4,7,9,12H,5-6,8,16H2,1-2H3. The van der Waals surface area contributed by atoms with Crippen molar-refractivity contribution in [3.63, 3.8) is 0 Å². The fourth-order valence-electron chi connectivity index (χ4n) is 2.19. The molecule has 1 aliphatic heterocycles. The summed E-state index contributed by atoms with van der Waals surface area (Å²) in [7, 11) is 0. The Morgan fingerprint density at radius 1 is 1.38 bits per heavy atom. The summed E-state index contributed by atoms with van der Waals surface area (Å²) in [5.41, 5.74) is 8.05. The number of fused-ring (bicyclic) bond motifs is 1. The molecule has 21 heavy (non-hydrogen) atoms. The molecule has 1 atom stereocenters. The molecule has 2 heterocycles. The normalized spacial score (nSPS) is 15.0. The van der Waals surface area contributed by atoms with Crippen LogP contribution in [0.4, 0.5) is 0 Å². The van der Waals surface area contributed by atoms with E-state index < -0.39 is 0 Å². The number of hydrogen-bond acceptors (Lipinski definition) is 6. The number of aromatic nitrogens is 2. The molecule has 0 saturated carbocycles. The first kappa shape index (κ1) is 14.0. The Morgan fingerprint density at radius 2 is 2.24 bits per heavy atom. The Bertz CT molecular complexity index is 624. The highest BCUT2D eigenvalue weighted by atomic mass is 16.5. The monoisotopic (exact) mass is 289 g/mol. The quantitative estimate of drug-likeness (QED) is 0.907. The highest BCUT2D eigenvalue weighted by Gasteiger charge is 2.18. The second-order valence-electron chi connectivity index (χ2n) is 5.37. The third-order valence-electron chi connectivity index (χ3n) is 3.32. The Balaban J connectivity index is 1.75. The van der Waals surface area contributed by atoms with Crippen LogP contribution < -0.4 is 10.5 Å². The molecule has 6 heteroatoms. The van der Waals surface area contributed by atoms with Crippen LogP contribution >= 0.6 is 0 Å². The number of nitrogens with two attached hydrogens (primary N) is 1. The minimum absolute atomic E-state index is 0.124. The van der Waals surface area contributed by atoms with Crippen molar-refractivity contribution >= 4 is 0 Å². The van der Waals surface area contributed by atoms with Gasteiger partial charge in [-0.1, -0.05) is 5.16 Å². The van der Waals surface area contributed by atoms with E-state index >= 15 is 0 Å². The summed E-state index contributed by atoms with van der Waals surface area (Å²) in [6.07, 6.45) is 1.03. The van der Waals surface area contributed by atoms with Gasteiger partial charge in [-0.05, 0) is 37.6 Å². The van der Waals surface area contributed by atoms with Crippen LogP contribution in [0, 0.1) is 0 Å². The van der Waals surface area contributed by atoms with Crippen molar-refractivity contribution in [1.82, 2.24) is 10.1 Å². The molecule has 2 N–H and O–H groups in total. The van der Waals surface area contributed by atoms with Gasteiger partial charge < -0.3 is 19.7 Å². The van der Waals surface area contributed by atoms with Crippen molar-refractivity contribution in [3.8, 4) is 17.2 Å². The minimum Gasteiger partial charge on any atom is -0.493 e. The van der Waals surface area contributed by atoms with Crippen molar-refractivity contribution < 1.29 is 14.0 Å². The van der Waals surface area contributed by atoms with Crippen molar-refractivity contribution in [2.45, 2.75) is 32.4 Å². The van der Waals surface area contributed by atoms with E-state index in [4.69, 9.17) is 19.7 Å². The molecular weight excluding hydrogens is 270 g/mol. The molecule has 0 fully saturated rings. The van der Waals surface area contributed by atoms with E-state index in [0.29, 0.717) is 18.3 Å². The number of nitrogens with zero attached hydrogens (tertiary/aromatic N) is 2. The SMILES string of the molecule is CC(C)OCC(N)c1noc(-c2ccc3c(c2)CCO3)n1. The Kier molecular flexibility index (Phi) is 3.90. The lowest BCUT2D eigenvalue weighted by Gasteiger charge is -2.10. The zero-order chi connectivity index (χ0) is 14.8. The topological polar surface area (TPSA) is 83.4 Å². The average Bonchev–Trinajstić information content (AvgIpc) is 3.12. The second kappa shape index (κ2) is 5.83. The van der Waals surface area contributed by atoms with Crippen LogP contribution in [-0.4, -0.2) is 29.5 Å². The van der Waals surface area contributed by atoms with Crippen LogP contribution in [0.15, 0.2) is 22.7 Å².